The maximum atomic E-state index is 12.7. The molecule has 116 valence electrons. The first-order chi connectivity index (χ1) is 9.91. The maximum Gasteiger partial charge on any atom is 0.416 e. The average Bonchev–Trinajstić information content (AvgIpc) is 2.93. The molecule has 6 heteroatoms. The zero-order valence-corrected chi connectivity index (χ0v) is 11.9. The van der Waals surface area contributed by atoms with Crippen molar-refractivity contribution in [2.45, 2.75) is 38.4 Å². The lowest BCUT2D eigenvalue weighted by Crippen LogP contribution is -2.42. The minimum Gasteiger partial charge on any atom is -0.325 e. The number of hydrogen-bond acceptors (Lipinski definition) is 2. The first-order valence-corrected chi connectivity index (χ1v) is 7.14. The average molecular weight is 300 g/mol. The summed E-state index contributed by atoms with van der Waals surface area (Å²) in [5.74, 6) is -0.237. The first-order valence-electron chi connectivity index (χ1n) is 7.14. The van der Waals surface area contributed by atoms with Crippen LogP contribution >= 0.6 is 0 Å². The molecule has 1 aromatic rings. The van der Waals surface area contributed by atoms with Gasteiger partial charge in [-0.2, -0.15) is 13.2 Å². The number of nitrogens with zero attached hydrogens (tertiary/aromatic N) is 1. The molecule has 0 bridgehead atoms. The first kappa shape index (κ1) is 15.8. The van der Waals surface area contributed by atoms with Gasteiger partial charge in [0.25, 0.3) is 0 Å². The molecule has 0 spiro atoms. The standard InChI is InChI=1S/C15H19F3N2O/c1-2-13(20-8-3-4-9-20)14(21)19-12-7-5-6-11(10-12)15(16,17)18/h5-7,10,13H,2-4,8-9H2,1H3,(H,19,21). The summed E-state index contributed by atoms with van der Waals surface area (Å²) in [7, 11) is 0. The molecule has 1 N–H and O–H groups in total. The lowest BCUT2D eigenvalue weighted by atomic mass is 10.1. The highest BCUT2D eigenvalue weighted by molar-refractivity contribution is 5.94. The molecule has 1 aliphatic rings. The Labute approximate surface area is 122 Å². The third kappa shape index (κ3) is 3.97. The van der Waals surface area contributed by atoms with Crippen molar-refractivity contribution in [3.05, 3.63) is 29.8 Å². The molecule has 1 aliphatic heterocycles. The molecule has 1 aromatic carbocycles. The van der Waals surface area contributed by atoms with Crippen molar-refractivity contribution >= 4 is 11.6 Å². The van der Waals surface area contributed by atoms with Crippen LogP contribution in [0, 0.1) is 0 Å². The van der Waals surface area contributed by atoms with Gasteiger partial charge in [-0.3, -0.25) is 9.69 Å². The molecule has 1 amide bonds. The number of alkyl halides is 3. The van der Waals surface area contributed by atoms with Crippen LogP contribution in [0.2, 0.25) is 0 Å². The number of carbonyl (C=O) groups is 1. The van der Waals surface area contributed by atoms with Crippen molar-refractivity contribution in [3.63, 3.8) is 0 Å². The highest BCUT2D eigenvalue weighted by Crippen LogP contribution is 2.30. The topological polar surface area (TPSA) is 32.3 Å². The van der Waals surface area contributed by atoms with E-state index in [1.165, 1.54) is 12.1 Å². The van der Waals surface area contributed by atoms with Crippen molar-refractivity contribution in [2.75, 3.05) is 18.4 Å². The highest BCUT2D eigenvalue weighted by atomic mass is 19.4. The van der Waals surface area contributed by atoms with Crippen molar-refractivity contribution in [1.29, 1.82) is 0 Å². The molecular formula is C15H19F3N2O. The number of nitrogens with one attached hydrogen (secondary N) is 1. The smallest absolute Gasteiger partial charge is 0.325 e. The van der Waals surface area contributed by atoms with Gasteiger partial charge < -0.3 is 5.32 Å². The van der Waals surface area contributed by atoms with E-state index in [0.29, 0.717) is 6.42 Å². The van der Waals surface area contributed by atoms with E-state index in [-0.39, 0.29) is 17.6 Å². The van der Waals surface area contributed by atoms with E-state index in [0.717, 1.165) is 38.1 Å². The van der Waals surface area contributed by atoms with E-state index in [9.17, 15) is 18.0 Å². The van der Waals surface area contributed by atoms with Gasteiger partial charge in [0.15, 0.2) is 0 Å². The second kappa shape index (κ2) is 6.47. The summed E-state index contributed by atoms with van der Waals surface area (Å²) in [6.45, 7) is 3.65. The molecule has 0 radical (unpaired) electrons. The number of hydrogen-bond donors (Lipinski definition) is 1. The number of amides is 1. The normalized spacial score (nSPS) is 17.7. The monoisotopic (exact) mass is 300 g/mol. The molecule has 1 saturated heterocycles. The predicted molar refractivity (Wildman–Crippen MR) is 75.0 cm³/mol. The van der Waals surface area contributed by atoms with E-state index in [2.05, 4.69) is 10.2 Å². The van der Waals surface area contributed by atoms with E-state index < -0.39 is 11.7 Å². The van der Waals surface area contributed by atoms with Crippen LogP contribution in [0.25, 0.3) is 0 Å². The highest BCUT2D eigenvalue weighted by Gasteiger charge is 2.31. The van der Waals surface area contributed by atoms with Gasteiger partial charge in [0.1, 0.15) is 0 Å². The van der Waals surface area contributed by atoms with Crippen molar-refractivity contribution in [1.82, 2.24) is 4.90 Å². The SMILES string of the molecule is CCC(C(=O)Nc1cccc(C(F)(F)F)c1)N1CCCC1. The molecule has 2 rings (SSSR count). The van der Waals surface area contributed by atoms with Gasteiger partial charge in [-0.25, -0.2) is 0 Å². The van der Waals surface area contributed by atoms with Gasteiger partial charge in [0, 0.05) is 5.69 Å². The van der Waals surface area contributed by atoms with E-state index >= 15 is 0 Å². The largest absolute Gasteiger partial charge is 0.416 e. The molecule has 3 nitrogen and oxygen atoms in total. The van der Waals surface area contributed by atoms with Crippen LogP contribution < -0.4 is 5.32 Å². The van der Waals surface area contributed by atoms with Crippen LogP contribution in [0.1, 0.15) is 31.7 Å². The fourth-order valence-corrected chi connectivity index (χ4v) is 2.66. The molecule has 1 atom stereocenters. The summed E-state index contributed by atoms with van der Waals surface area (Å²) in [5.41, 5.74) is -0.568. The molecule has 1 heterocycles. The molecular weight excluding hydrogens is 281 g/mol. The minimum atomic E-state index is -4.40. The zero-order chi connectivity index (χ0) is 15.5. The van der Waals surface area contributed by atoms with Gasteiger partial charge >= 0.3 is 6.18 Å². The molecule has 0 aromatic heterocycles. The quantitative estimate of drug-likeness (QED) is 0.922. The number of anilines is 1. The Morgan fingerprint density at radius 2 is 2.00 bits per heavy atom. The van der Waals surface area contributed by atoms with Crippen LogP contribution in [-0.4, -0.2) is 29.9 Å². The summed E-state index contributed by atoms with van der Waals surface area (Å²) < 4.78 is 38.0. The van der Waals surface area contributed by atoms with E-state index in [1.807, 2.05) is 6.92 Å². The van der Waals surface area contributed by atoms with Gasteiger partial charge in [-0.15, -0.1) is 0 Å². The Balaban J connectivity index is 2.08. The molecule has 21 heavy (non-hydrogen) atoms. The number of rotatable bonds is 4. The molecule has 0 aliphatic carbocycles. The Hall–Kier alpha value is -1.56. The van der Waals surface area contributed by atoms with Crippen LogP contribution in [-0.2, 0) is 11.0 Å². The molecule has 1 unspecified atom stereocenters. The fourth-order valence-electron chi connectivity index (χ4n) is 2.66. The van der Waals surface area contributed by atoms with Crippen LogP contribution in [0.4, 0.5) is 18.9 Å². The Kier molecular flexibility index (Phi) is 4.88. The zero-order valence-electron chi connectivity index (χ0n) is 11.9. The summed E-state index contributed by atoms with van der Waals surface area (Å²) in [6.07, 6.45) is -1.63. The van der Waals surface area contributed by atoms with Crippen LogP contribution in [0.15, 0.2) is 24.3 Å². The third-order valence-electron chi connectivity index (χ3n) is 3.73. The Bertz CT molecular complexity index is 496. The third-order valence-corrected chi connectivity index (χ3v) is 3.73. The lowest BCUT2D eigenvalue weighted by molar-refractivity contribution is -0.137. The van der Waals surface area contributed by atoms with Gasteiger partial charge in [-0.1, -0.05) is 13.0 Å². The van der Waals surface area contributed by atoms with E-state index in [1.54, 1.807) is 0 Å². The number of benzene rings is 1. The van der Waals surface area contributed by atoms with E-state index in [4.69, 9.17) is 0 Å². The minimum absolute atomic E-state index is 0.187. The van der Waals surface area contributed by atoms with Crippen molar-refractivity contribution < 1.29 is 18.0 Å². The number of halogens is 3. The Morgan fingerprint density at radius 3 is 2.57 bits per heavy atom. The van der Waals surface area contributed by atoms with Gasteiger partial charge in [0.2, 0.25) is 5.91 Å². The molecule has 1 fully saturated rings. The number of likely N-dealkylation sites (tertiary alicyclic amines) is 1. The predicted octanol–water partition coefficient (Wildman–Crippen LogP) is 3.52. The Morgan fingerprint density at radius 1 is 1.33 bits per heavy atom. The fraction of sp³-hybridized carbons (Fsp3) is 0.533. The summed E-state index contributed by atoms with van der Waals surface area (Å²) >= 11 is 0. The second-order valence-electron chi connectivity index (χ2n) is 5.23. The van der Waals surface area contributed by atoms with Gasteiger partial charge in [0.05, 0.1) is 11.6 Å². The van der Waals surface area contributed by atoms with Crippen LogP contribution in [0.3, 0.4) is 0 Å². The van der Waals surface area contributed by atoms with Crippen LogP contribution in [0.5, 0.6) is 0 Å². The summed E-state index contributed by atoms with van der Waals surface area (Å²) in [5, 5.41) is 2.60. The maximum absolute atomic E-state index is 12.7. The molecule has 0 saturated carbocycles. The van der Waals surface area contributed by atoms with Gasteiger partial charge in [-0.05, 0) is 50.6 Å². The number of carbonyl (C=O) groups excluding carboxylic acids is 1. The van der Waals surface area contributed by atoms with Crippen molar-refractivity contribution in [2.24, 2.45) is 0 Å². The lowest BCUT2D eigenvalue weighted by Gasteiger charge is -2.25. The second-order valence-corrected chi connectivity index (χ2v) is 5.23. The summed E-state index contributed by atoms with van der Waals surface area (Å²) in [4.78, 5) is 14.3. The summed E-state index contributed by atoms with van der Waals surface area (Å²) in [6, 6.07) is 4.46. The van der Waals surface area contributed by atoms with Crippen molar-refractivity contribution in [3.8, 4) is 0 Å².